The van der Waals surface area contributed by atoms with Crippen molar-refractivity contribution in [3.8, 4) is 0 Å². The number of aliphatic hydroxyl groups excluding tert-OH is 2. The van der Waals surface area contributed by atoms with E-state index in [0.717, 1.165) is 6.42 Å². The third-order valence-electron chi connectivity index (χ3n) is 15.9. The van der Waals surface area contributed by atoms with Gasteiger partial charge in [-0.15, -0.1) is 0 Å². The van der Waals surface area contributed by atoms with Crippen molar-refractivity contribution in [2.24, 2.45) is 47.3 Å². The molecule has 0 aromatic rings. The zero-order valence-corrected chi connectivity index (χ0v) is 38.8. The van der Waals surface area contributed by atoms with Crippen LogP contribution in [0.2, 0.25) is 0 Å². The minimum Gasteiger partial charge on any atom is -0.481 e. The van der Waals surface area contributed by atoms with Crippen molar-refractivity contribution in [3.05, 3.63) is 11.6 Å². The molecule has 6 aliphatic rings. The molecule has 61 heavy (non-hydrogen) atoms. The molecule has 0 bridgehead atoms. The number of ether oxygens (including phenoxy) is 8. The first-order chi connectivity index (χ1) is 28.5. The van der Waals surface area contributed by atoms with E-state index in [1.54, 1.807) is 27.9 Å². The van der Waals surface area contributed by atoms with Crippen LogP contribution in [-0.2, 0) is 47.5 Å². The number of methoxy groups -OCH3 is 1. The molecular formula is C47H78O14. The van der Waals surface area contributed by atoms with Gasteiger partial charge in [0.1, 0.15) is 0 Å². The molecule has 6 fully saturated rings. The molecule has 21 atom stereocenters. The van der Waals surface area contributed by atoms with Crippen LogP contribution in [0.1, 0.15) is 134 Å². The fraction of sp³-hybridized carbons (Fsp3) is 0.915. The van der Waals surface area contributed by atoms with Gasteiger partial charge in [-0.1, -0.05) is 61.5 Å². The first kappa shape index (κ1) is 48.9. The number of allylic oxidation sites excluding steroid dienone is 1. The van der Waals surface area contributed by atoms with Crippen LogP contribution < -0.4 is 0 Å². The topological polar surface area (TPSA) is 189 Å². The van der Waals surface area contributed by atoms with E-state index in [2.05, 4.69) is 27.7 Å². The lowest BCUT2D eigenvalue weighted by Gasteiger charge is -2.54. The molecule has 14 nitrogen and oxygen atoms in total. The maximum atomic E-state index is 13.4. The fourth-order valence-corrected chi connectivity index (χ4v) is 11.8. The van der Waals surface area contributed by atoms with E-state index in [-0.39, 0.29) is 72.4 Å². The van der Waals surface area contributed by atoms with Crippen molar-refractivity contribution in [1.29, 1.82) is 0 Å². The molecule has 6 saturated heterocycles. The van der Waals surface area contributed by atoms with E-state index in [1.165, 1.54) is 0 Å². The summed E-state index contributed by atoms with van der Waals surface area (Å²) < 4.78 is 53.9. The zero-order chi connectivity index (χ0) is 45.0. The lowest BCUT2D eigenvalue weighted by atomic mass is 9.76. The molecule has 0 radical (unpaired) electrons. The van der Waals surface area contributed by atoms with Gasteiger partial charge in [-0.2, -0.15) is 0 Å². The smallest absolute Gasteiger partial charge is 0.306 e. The molecule has 6 heterocycles. The molecule has 0 aromatic heterocycles. The second-order valence-corrected chi connectivity index (χ2v) is 20.6. The Balaban J connectivity index is 1.24. The highest BCUT2D eigenvalue weighted by Gasteiger charge is 2.65. The second kappa shape index (κ2) is 18.7. The summed E-state index contributed by atoms with van der Waals surface area (Å²) in [6, 6.07) is 0. The highest BCUT2D eigenvalue weighted by Crippen LogP contribution is 2.56. The Labute approximate surface area is 363 Å². The molecule has 0 saturated carbocycles. The van der Waals surface area contributed by atoms with Crippen LogP contribution in [0.4, 0.5) is 0 Å². The number of ketones is 1. The Bertz CT molecular complexity index is 1570. The normalized spacial score (nSPS) is 48.6. The van der Waals surface area contributed by atoms with Crippen LogP contribution in [-0.4, -0.2) is 124 Å². The number of hydrogen-bond acceptors (Lipinski definition) is 13. The molecule has 14 heteroatoms. The number of carbonyl (C=O) groups is 2. The number of carbonyl (C=O) groups excluding carboxylic acids is 1. The molecule has 0 aromatic carbocycles. The molecule has 0 aliphatic carbocycles. The number of carboxylic acid groups (broad SMARTS) is 1. The summed E-state index contributed by atoms with van der Waals surface area (Å²) in [5.74, 6) is -7.01. The Hall–Kier alpha value is -1.56. The average Bonchev–Trinajstić information content (AvgIpc) is 3.71. The second-order valence-electron chi connectivity index (χ2n) is 20.6. The monoisotopic (exact) mass is 867 g/mol. The maximum absolute atomic E-state index is 13.4. The standard InChI is InChI=1S/C47H78O14/c1-24(40(50)25(2)18-28(5)43(51)52)17-26(3)41-31(8)34(49)22-45(59-41)16-15-44(11,61-45)38-21-36(56-39-14-13-35(54-12)33(10)55-39)32(9)47(58-38)30(7)20-37(57-47)42-27(4)19-29(6)46(53,23-48)60-42/h17,25-39,41-42,48-49,53H,13-16,18-23H2,1-12H3,(H,51,52)/b24-17+/t25-,26+,27-,28+,29+,30-,31?,32-,33-,34+,35+,36+,37+,38-,39-,41-,42-,44+,45-,46-,47+/m1/s1. The van der Waals surface area contributed by atoms with Gasteiger partial charge in [0.15, 0.2) is 29.4 Å². The summed E-state index contributed by atoms with van der Waals surface area (Å²) in [4.78, 5) is 24.8. The first-order valence-electron chi connectivity index (χ1n) is 23.2. The van der Waals surface area contributed by atoms with E-state index in [0.29, 0.717) is 44.1 Å². The summed E-state index contributed by atoms with van der Waals surface area (Å²) in [5.41, 5.74) is -0.326. The summed E-state index contributed by atoms with van der Waals surface area (Å²) >= 11 is 0. The Morgan fingerprint density at radius 3 is 2.25 bits per heavy atom. The van der Waals surface area contributed by atoms with E-state index in [4.69, 9.17) is 37.9 Å². The summed E-state index contributed by atoms with van der Waals surface area (Å²) in [6.07, 6.45) is 3.25. The largest absolute Gasteiger partial charge is 0.481 e. The van der Waals surface area contributed by atoms with Crippen molar-refractivity contribution in [3.63, 3.8) is 0 Å². The third kappa shape index (κ3) is 9.71. The van der Waals surface area contributed by atoms with Gasteiger partial charge in [0.25, 0.3) is 0 Å². The predicted octanol–water partition coefficient (Wildman–Crippen LogP) is 6.15. The molecule has 4 N–H and O–H groups in total. The van der Waals surface area contributed by atoms with Crippen LogP contribution in [0.15, 0.2) is 11.6 Å². The number of rotatable bonds is 13. The Kier molecular flexibility index (Phi) is 15.0. The van der Waals surface area contributed by atoms with Crippen molar-refractivity contribution in [2.75, 3.05) is 13.7 Å². The number of hydrogen-bond donors (Lipinski definition) is 4. The van der Waals surface area contributed by atoms with Crippen molar-refractivity contribution in [2.45, 2.75) is 212 Å². The van der Waals surface area contributed by atoms with Gasteiger partial charge in [-0.05, 0) is 64.4 Å². The van der Waals surface area contributed by atoms with Crippen LogP contribution >= 0.6 is 0 Å². The van der Waals surface area contributed by atoms with Gasteiger partial charge in [0.2, 0.25) is 0 Å². The lowest BCUT2D eigenvalue weighted by molar-refractivity contribution is -0.390. The Morgan fingerprint density at radius 2 is 1.61 bits per heavy atom. The van der Waals surface area contributed by atoms with Crippen LogP contribution in [0.5, 0.6) is 0 Å². The predicted molar refractivity (Wildman–Crippen MR) is 224 cm³/mol. The van der Waals surface area contributed by atoms with E-state index >= 15 is 0 Å². The number of aliphatic carboxylic acids is 1. The van der Waals surface area contributed by atoms with E-state index in [1.807, 2.05) is 33.8 Å². The van der Waals surface area contributed by atoms with Crippen molar-refractivity contribution < 1.29 is 67.9 Å². The Morgan fingerprint density at radius 1 is 0.902 bits per heavy atom. The van der Waals surface area contributed by atoms with Crippen molar-refractivity contribution >= 4 is 11.8 Å². The molecular weight excluding hydrogens is 789 g/mol. The van der Waals surface area contributed by atoms with Crippen LogP contribution in [0.3, 0.4) is 0 Å². The first-order valence-corrected chi connectivity index (χ1v) is 23.2. The van der Waals surface area contributed by atoms with Gasteiger partial charge in [-0.3, -0.25) is 9.59 Å². The van der Waals surface area contributed by atoms with Crippen LogP contribution in [0, 0.1) is 47.3 Å². The fourth-order valence-electron chi connectivity index (χ4n) is 11.8. The minimum absolute atomic E-state index is 0.0130. The zero-order valence-electron chi connectivity index (χ0n) is 38.8. The summed E-state index contributed by atoms with van der Waals surface area (Å²) in [6.45, 7) is 20.9. The van der Waals surface area contributed by atoms with Gasteiger partial charge in [-0.25, -0.2) is 0 Å². The van der Waals surface area contributed by atoms with E-state index in [9.17, 15) is 30.0 Å². The highest BCUT2D eigenvalue weighted by molar-refractivity contribution is 5.96. The molecule has 6 aliphatic heterocycles. The van der Waals surface area contributed by atoms with E-state index < -0.39 is 84.2 Å². The van der Waals surface area contributed by atoms with Gasteiger partial charge in [0.05, 0.1) is 67.0 Å². The quantitative estimate of drug-likeness (QED) is 0.154. The molecule has 6 rings (SSSR count). The van der Waals surface area contributed by atoms with Gasteiger partial charge < -0.3 is 58.3 Å². The number of aliphatic hydroxyl groups is 3. The summed E-state index contributed by atoms with van der Waals surface area (Å²) in [5, 5.41) is 42.5. The summed E-state index contributed by atoms with van der Waals surface area (Å²) in [7, 11) is 1.70. The lowest BCUT2D eigenvalue weighted by Crippen LogP contribution is -2.63. The van der Waals surface area contributed by atoms with Crippen LogP contribution in [0.25, 0.3) is 0 Å². The molecule has 0 amide bonds. The van der Waals surface area contributed by atoms with Crippen molar-refractivity contribution in [1.82, 2.24) is 0 Å². The molecule has 1 unspecified atom stereocenters. The maximum Gasteiger partial charge on any atom is 0.306 e. The number of carboxylic acids is 1. The SMILES string of the molecule is CO[C@H]1CC[C@@H](O[C@H]2C[C@H]([C@]3(C)CC[C@]4(C[C@H](O)C(C)[C@@H]([C@@H](C)/C=C(\C)C(=O)[C@H](C)C[C@H](C)C(=O)O)O4)O3)O[C@]3(O[C@H]([C@@H]4O[C@](O)(CO)[C@@H](C)C[C@H]4C)C[C@H]3C)[C@@H]2C)O[C@@H]1C. The highest BCUT2D eigenvalue weighted by atomic mass is 16.8. The molecule has 350 valence electrons. The minimum atomic E-state index is -1.66. The third-order valence-corrected chi connectivity index (χ3v) is 15.9. The number of Topliss-reactive ketones (excluding diaryl/α,β-unsaturated/α-hetero) is 1. The van der Waals surface area contributed by atoms with Gasteiger partial charge >= 0.3 is 5.97 Å². The average molecular weight is 867 g/mol. The van der Waals surface area contributed by atoms with Gasteiger partial charge in [0, 0.05) is 68.3 Å². The molecule has 2 spiro atoms.